The molecule has 0 saturated heterocycles. The number of ether oxygens (including phenoxy) is 2. The first-order chi connectivity index (χ1) is 14.3. The lowest BCUT2D eigenvalue weighted by Crippen LogP contribution is -2.15. The van der Waals surface area contributed by atoms with E-state index in [9.17, 15) is 14.4 Å². The lowest BCUT2D eigenvalue weighted by Gasteiger charge is -2.17. The van der Waals surface area contributed by atoms with Gasteiger partial charge in [-0.1, -0.05) is 15.9 Å². The molecule has 2 amide bonds. The first kappa shape index (κ1) is 23.0. The number of rotatable bonds is 9. The highest BCUT2D eigenvalue weighted by Crippen LogP contribution is 2.37. The minimum absolute atomic E-state index is 0.280. The molecule has 158 valence electrons. The molecule has 0 aliphatic rings. The van der Waals surface area contributed by atoms with Gasteiger partial charge < -0.3 is 25.2 Å². The second-order valence-corrected chi connectivity index (χ2v) is 6.75. The van der Waals surface area contributed by atoms with Gasteiger partial charge in [-0.2, -0.15) is 0 Å². The van der Waals surface area contributed by atoms with Crippen LogP contribution in [0.4, 0.5) is 11.4 Å². The summed E-state index contributed by atoms with van der Waals surface area (Å²) in [5.74, 6) is -1.61. The predicted octanol–water partition coefficient (Wildman–Crippen LogP) is 4.08. The van der Waals surface area contributed by atoms with Gasteiger partial charge in [-0.05, 0) is 38.1 Å². The molecule has 3 N–H and O–H groups in total. The number of halogens is 1. The molecule has 0 aliphatic heterocycles. The lowest BCUT2D eigenvalue weighted by atomic mass is 10.2. The number of aliphatic carboxylic acids is 1. The number of hydrogen-bond donors (Lipinski definition) is 3. The molecule has 2 aromatic carbocycles. The van der Waals surface area contributed by atoms with Gasteiger partial charge in [-0.3, -0.25) is 9.59 Å². The fraction of sp³-hybridized carbons (Fsp3) is 0.190. The van der Waals surface area contributed by atoms with Crippen LogP contribution in [0.25, 0.3) is 0 Å². The average molecular weight is 477 g/mol. The SMILES string of the molecule is CCOc1cc(NC(=O)c2ccc(Br)cc2)c(OCC)cc1NC(=O)C=CC(=O)O. The summed E-state index contributed by atoms with van der Waals surface area (Å²) < 4.78 is 12.0. The van der Waals surface area contributed by atoms with Crippen molar-refractivity contribution in [3.05, 3.63) is 58.6 Å². The van der Waals surface area contributed by atoms with Gasteiger partial charge in [0.1, 0.15) is 11.5 Å². The van der Waals surface area contributed by atoms with Crippen LogP contribution in [0, 0.1) is 0 Å². The maximum absolute atomic E-state index is 12.6. The molecular weight excluding hydrogens is 456 g/mol. The first-order valence-corrected chi connectivity index (χ1v) is 9.85. The molecule has 0 saturated carbocycles. The van der Waals surface area contributed by atoms with Crippen molar-refractivity contribution >= 4 is 45.1 Å². The highest BCUT2D eigenvalue weighted by atomic mass is 79.9. The van der Waals surface area contributed by atoms with E-state index < -0.39 is 11.9 Å². The largest absolute Gasteiger partial charge is 0.492 e. The summed E-state index contributed by atoms with van der Waals surface area (Å²) in [6, 6.07) is 9.92. The Kier molecular flexibility index (Phi) is 8.42. The topological polar surface area (TPSA) is 114 Å². The molecule has 0 radical (unpaired) electrons. The van der Waals surface area contributed by atoms with Crippen molar-refractivity contribution in [3.8, 4) is 11.5 Å². The molecule has 8 nitrogen and oxygen atoms in total. The number of carboxylic acids is 1. The molecule has 0 unspecified atom stereocenters. The normalized spacial score (nSPS) is 10.5. The second kappa shape index (κ2) is 11.0. The van der Waals surface area contributed by atoms with Crippen LogP contribution in [0.3, 0.4) is 0 Å². The Labute approximate surface area is 182 Å². The van der Waals surface area contributed by atoms with Crippen molar-refractivity contribution in [2.45, 2.75) is 13.8 Å². The van der Waals surface area contributed by atoms with Crippen molar-refractivity contribution in [2.24, 2.45) is 0 Å². The zero-order valence-electron chi connectivity index (χ0n) is 16.4. The fourth-order valence-corrected chi connectivity index (χ4v) is 2.69. The summed E-state index contributed by atoms with van der Waals surface area (Å²) in [5, 5.41) is 14.0. The van der Waals surface area contributed by atoms with Gasteiger partial charge in [0, 0.05) is 34.3 Å². The van der Waals surface area contributed by atoms with Crippen LogP contribution in [0.2, 0.25) is 0 Å². The molecule has 0 aromatic heterocycles. The maximum Gasteiger partial charge on any atom is 0.328 e. The molecule has 0 fully saturated rings. The molecule has 0 heterocycles. The van der Waals surface area contributed by atoms with E-state index in [0.717, 1.165) is 16.6 Å². The second-order valence-electron chi connectivity index (χ2n) is 5.83. The number of amides is 2. The third-order valence-electron chi connectivity index (χ3n) is 3.67. The predicted molar refractivity (Wildman–Crippen MR) is 116 cm³/mol. The molecule has 0 spiro atoms. The molecular formula is C21H21BrN2O6. The Bertz CT molecular complexity index is 957. The van der Waals surface area contributed by atoms with Crippen molar-refractivity contribution in [2.75, 3.05) is 23.8 Å². The number of nitrogens with one attached hydrogen (secondary N) is 2. The Morgan fingerprint density at radius 3 is 1.97 bits per heavy atom. The molecule has 0 bridgehead atoms. The zero-order valence-corrected chi connectivity index (χ0v) is 18.0. The summed E-state index contributed by atoms with van der Waals surface area (Å²) in [4.78, 5) is 35.2. The van der Waals surface area contributed by atoms with Gasteiger partial charge in [0.15, 0.2) is 0 Å². The van der Waals surface area contributed by atoms with E-state index in [1.54, 1.807) is 44.2 Å². The monoisotopic (exact) mass is 476 g/mol. The Hall–Kier alpha value is -3.33. The minimum atomic E-state index is -1.24. The van der Waals surface area contributed by atoms with E-state index >= 15 is 0 Å². The summed E-state index contributed by atoms with van der Waals surface area (Å²) in [5.41, 5.74) is 1.10. The molecule has 0 aliphatic carbocycles. The van der Waals surface area contributed by atoms with Crippen LogP contribution in [0.5, 0.6) is 11.5 Å². The smallest absolute Gasteiger partial charge is 0.328 e. The Morgan fingerprint density at radius 1 is 0.933 bits per heavy atom. The van der Waals surface area contributed by atoms with E-state index in [-0.39, 0.29) is 11.6 Å². The highest BCUT2D eigenvalue weighted by Gasteiger charge is 2.16. The van der Waals surface area contributed by atoms with Crippen LogP contribution in [-0.4, -0.2) is 36.1 Å². The first-order valence-electron chi connectivity index (χ1n) is 9.06. The third kappa shape index (κ3) is 6.63. The van der Waals surface area contributed by atoms with Crippen LogP contribution in [0.1, 0.15) is 24.2 Å². The molecule has 0 atom stereocenters. The van der Waals surface area contributed by atoms with Gasteiger partial charge in [0.2, 0.25) is 5.91 Å². The van der Waals surface area contributed by atoms with E-state index in [1.807, 2.05) is 0 Å². The number of carboxylic acid groups (broad SMARTS) is 1. The summed E-state index contributed by atoms with van der Waals surface area (Å²) in [6.07, 6.45) is 1.62. The summed E-state index contributed by atoms with van der Waals surface area (Å²) in [6.45, 7) is 4.18. The Morgan fingerprint density at radius 2 is 1.47 bits per heavy atom. The van der Waals surface area contributed by atoms with Crippen molar-refractivity contribution in [1.82, 2.24) is 0 Å². The molecule has 30 heavy (non-hydrogen) atoms. The van der Waals surface area contributed by atoms with Crippen molar-refractivity contribution in [1.29, 1.82) is 0 Å². The van der Waals surface area contributed by atoms with Gasteiger partial charge >= 0.3 is 5.97 Å². The van der Waals surface area contributed by atoms with E-state index in [4.69, 9.17) is 14.6 Å². The van der Waals surface area contributed by atoms with Gasteiger partial charge in [0.25, 0.3) is 5.91 Å². The molecule has 9 heteroatoms. The number of carbonyl (C=O) groups is 3. The maximum atomic E-state index is 12.6. The van der Waals surface area contributed by atoms with Crippen molar-refractivity contribution in [3.63, 3.8) is 0 Å². The number of carbonyl (C=O) groups excluding carboxylic acids is 2. The quantitative estimate of drug-likeness (QED) is 0.469. The average Bonchev–Trinajstić information content (AvgIpc) is 2.70. The van der Waals surface area contributed by atoms with Crippen LogP contribution < -0.4 is 20.1 Å². The van der Waals surface area contributed by atoms with Gasteiger partial charge in [0.05, 0.1) is 24.6 Å². The van der Waals surface area contributed by atoms with Crippen LogP contribution in [-0.2, 0) is 9.59 Å². The number of benzene rings is 2. The summed E-state index contributed by atoms with van der Waals surface area (Å²) >= 11 is 3.33. The van der Waals surface area contributed by atoms with E-state index in [2.05, 4.69) is 26.6 Å². The van der Waals surface area contributed by atoms with E-state index in [1.165, 1.54) is 6.07 Å². The minimum Gasteiger partial charge on any atom is -0.492 e. The highest BCUT2D eigenvalue weighted by molar-refractivity contribution is 9.10. The van der Waals surface area contributed by atoms with E-state index in [0.29, 0.717) is 36.0 Å². The van der Waals surface area contributed by atoms with Crippen LogP contribution >= 0.6 is 15.9 Å². The number of anilines is 2. The number of hydrogen-bond acceptors (Lipinski definition) is 5. The lowest BCUT2D eigenvalue weighted by molar-refractivity contribution is -0.131. The fourth-order valence-electron chi connectivity index (χ4n) is 2.42. The van der Waals surface area contributed by atoms with Gasteiger partial charge in [-0.25, -0.2) is 4.79 Å². The van der Waals surface area contributed by atoms with Gasteiger partial charge in [-0.15, -0.1) is 0 Å². The van der Waals surface area contributed by atoms with Crippen molar-refractivity contribution < 1.29 is 29.0 Å². The Balaban J connectivity index is 2.36. The molecule has 2 rings (SSSR count). The van der Waals surface area contributed by atoms with Crippen LogP contribution in [0.15, 0.2) is 53.0 Å². The third-order valence-corrected chi connectivity index (χ3v) is 4.20. The standard InChI is InChI=1S/C21H21BrN2O6/c1-3-29-17-12-16(24-21(28)13-5-7-14(22)8-6-13)18(30-4-2)11-15(17)23-19(25)9-10-20(26)27/h5-12H,3-4H2,1-2H3,(H,23,25)(H,24,28)(H,26,27). The zero-order chi connectivity index (χ0) is 22.1. The molecule has 2 aromatic rings. The summed E-state index contributed by atoms with van der Waals surface area (Å²) in [7, 11) is 0.